The maximum Gasteiger partial charge on any atom is 0.410 e. The number of hydrogen-bond donors (Lipinski definition) is 1. The van der Waals surface area contributed by atoms with Gasteiger partial charge in [-0.2, -0.15) is 0 Å². The minimum absolute atomic E-state index is 0.0924. The minimum atomic E-state index is -0.572. The molecule has 0 aliphatic carbocycles. The Bertz CT molecular complexity index is 349. The standard InChI is InChI=1S/C13H24N2O5/c1-6-19-11(17)9-14-10(16)7-8-15(5)12(18)20-13(2,3)4/h6-9H2,1-5H3,(H,14,16). The van der Waals surface area contributed by atoms with E-state index in [4.69, 9.17) is 4.74 Å². The van der Waals surface area contributed by atoms with Crippen LogP contribution in [0.2, 0.25) is 0 Å². The fourth-order valence-corrected chi connectivity index (χ4v) is 1.17. The summed E-state index contributed by atoms with van der Waals surface area (Å²) in [5, 5.41) is 2.42. The molecule has 0 aliphatic rings. The minimum Gasteiger partial charge on any atom is -0.465 e. The van der Waals surface area contributed by atoms with E-state index in [-0.39, 0.29) is 32.0 Å². The first-order valence-corrected chi connectivity index (χ1v) is 6.52. The van der Waals surface area contributed by atoms with E-state index in [2.05, 4.69) is 10.1 Å². The molecule has 0 fully saturated rings. The molecule has 0 unspecified atom stereocenters. The molecule has 7 heteroatoms. The molecule has 0 spiro atoms. The van der Waals surface area contributed by atoms with E-state index in [0.717, 1.165) is 0 Å². The molecule has 0 aliphatic heterocycles. The van der Waals surface area contributed by atoms with Gasteiger partial charge in [0.15, 0.2) is 0 Å². The molecule has 0 aromatic rings. The van der Waals surface area contributed by atoms with Crippen LogP contribution in [0.5, 0.6) is 0 Å². The van der Waals surface area contributed by atoms with Gasteiger partial charge >= 0.3 is 12.1 Å². The van der Waals surface area contributed by atoms with E-state index in [1.165, 1.54) is 4.90 Å². The van der Waals surface area contributed by atoms with Crippen LogP contribution in [0, 0.1) is 0 Å². The lowest BCUT2D eigenvalue weighted by molar-refractivity contribution is -0.143. The Balaban J connectivity index is 3.94. The molecule has 0 bridgehead atoms. The van der Waals surface area contributed by atoms with Crippen molar-refractivity contribution in [3.8, 4) is 0 Å². The summed E-state index contributed by atoms with van der Waals surface area (Å²) >= 11 is 0. The summed E-state index contributed by atoms with van der Waals surface area (Å²) in [6.07, 6.45) is -0.398. The maximum atomic E-state index is 11.6. The second kappa shape index (κ2) is 8.39. The first-order valence-electron chi connectivity index (χ1n) is 6.52. The third-order valence-electron chi connectivity index (χ3n) is 2.11. The summed E-state index contributed by atoms with van der Waals surface area (Å²) in [5.74, 6) is -0.810. The monoisotopic (exact) mass is 288 g/mol. The predicted octanol–water partition coefficient (Wildman–Crippen LogP) is 0.923. The van der Waals surface area contributed by atoms with E-state index < -0.39 is 17.7 Å². The number of hydrogen-bond acceptors (Lipinski definition) is 5. The number of carbonyl (C=O) groups is 3. The second-order valence-electron chi connectivity index (χ2n) is 5.23. The molecular formula is C13H24N2O5. The van der Waals surface area contributed by atoms with Gasteiger partial charge < -0.3 is 19.7 Å². The van der Waals surface area contributed by atoms with Gasteiger partial charge in [-0.25, -0.2) is 4.79 Å². The molecular weight excluding hydrogens is 264 g/mol. The molecule has 0 aromatic carbocycles. The van der Waals surface area contributed by atoms with Gasteiger partial charge in [-0.05, 0) is 27.7 Å². The van der Waals surface area contributed by atoms with Crippen LogP contribution in [-0.2, 0) is 19.1 Å². The lowest BCUT2D eigenvalue weighted by Crippen LogP contribution is -2.37. The molecule has 7 nitrogen and oxygen atoms in total. The Labute approximate surface area is 119 Å². The zero-order valence-corrected chi connectivity index (χ0v) is 12.8. The predicted molar refractivity (Wildman–Crippen MR) is 73.1 cm³/mol. The number of esters is 1. The Hall–Kier alpha value is -1.79. The van der Waals surface area contributed by atoms with E-state index in [9.17, 15) is 14.4 Å². The van der Waals surface area contributed by atoms with Gasteiger partial charge in [0.05, 0.1) is 6.61 Å². The highest BCUT2D eigenvalue weighted by atomic mass is 16.6. The Morgan fingerprint density at radius 1 is 1.20 bits per heavy atom. The van der Waals surface area contributed by atoms with Gasteiger partial charge in [0.1, 0.15) is 12.1 Å². The number of ether oxygens (including phenoxy) is 2. The summed E-state index contributed by atoms with van der Waals surface area (Å²) in [5.41, 5.74) is -0.572. The first-order chi connectivity index (χ1) is 9.15. The van der Waals surface area contributed by atoms with Crippen molar-refractivity contribution < 1.29 is 23.9 Å². The Morgan fingerprint density at radius 2 is 1.80 bits per heavy atom. The average molecular weight is 288 g/mol. The fourth-order valence-electron chi connectivity index (χ4n) is 1.17. The molecule has 0 radical (unpaired) electrons. The Kier molecular flexibility index (Phi) is 7.64. The van der Waals surface area contributed by atoms with Crippen LogP contribution >= 0.6 is 0 Å². The van der Waals surface area contributed by atoms with Crippen molar-refractivity contribution in [3.05, 3.63) is 0 Å². The SMILES string of the molecule is CCOC(=O)CNC(=O)CCN(C)C(=O)OC(C)(C)C. The van der Waals surface area contributed by atoms with Crippen molar-refractivity contribution in [2.75, 3.05) is 26.7 Å². The topological polar surface area (TPSA) is 84.9 Å². The molecule has 20 heavy (non-hydrogen) atoms. The lowest BCUT2D eigenvalue weighted by Gasteiger charge is -2.24. The molecule has 2 amide bonds. The normalized spacial score (nSPS) is 10.7. The molecule has 0 rings (SSSR count). The van der Waals surface area contributed by atoms with E-state index in [0.29, 0.717) is 0 Å². The summed E-state index contributed by atoms with van der Waals surface area (Å²) in [6, 6.07) is 0. The average Bonchev–Trinajstić information content (AvgIpc) is 2.31. The molecule has 0 atom stereocenters. The van der Waals surface area contributed by atoms with Gasteiger partial charge in [0, 0.05) is 20.0 Å². The molecule has 0 saturated heterocycles. The molecule has 0 aromatic heterocycles. The number of rotatable bonds is 6. The highest BCUT2D eigenvalue weighted by Gasteiger charge is 2.19. The van der Waals surface area contributed by atoms with Gasteiger partial charge in [0.25, 0.3) is 0 Å². The van der Waals surface area contributed by atoms with E-state index in [1.807, 2.05) is 0 Å². The zero-order chi connectivity index (χ0) is 15.8. The van der Waals surface area contributed by atoms with Crippen LogP contribution in [-0.4, -0.2) is 55.2 Å². The third-order valence-corrected chi connectivity index (χ3v) is 2.11. The summed E-state index contributed by atoms with van der Waals surface area (Å²) < 4.78 is 9.82. The number of nitrogens with zero attached hydrogens (tertiary/aromatic N) is 1. The van der Waals surface area contributed by atoms with Gasteiger partial charge in [-0.1, -0.05) is 0 Å². The van der Waals surface area contributed by atoms with E-state index in [1.54, 1.807) is 34.7 Å². The van der Waals surface area contributed by atoms with Crippen molar-refractivity contribution in [1.29, 1.82) is 0 Å². The smallest absolute Gasteiger partial charge is 0.410 e. The van der Waals surface area contributed by atoms with Gasteiger partial charge in [0.2, 0.25) is 5.91 Å². The van der Waals surface area contributed by atoms with Crippen LogP contribution in [0.1, 0.15) is 34.1 Å². The highest BCUT2D eigenvalue weighted by Crippen LogP contribution is 2.09. The fraction of sp³-hybridized carbons (Fsp3) is 0.769. The summed E-state index contributed by atoms with van der Waals surface area (Å²) in [6.45, 7) is 7.32. The molecule has 0 saturated carbocycles. The Morgan fingerprint density at radius 3 is 2.30 bits per heavy atom. The summed E-state index contributed by atoms with van der Waals surface area (Å²) in [7, 11) is 1.55. The van der Waals surface area contributed by atoms with Crippen LogP contribution < -0.4 is 5.32 Å². The number of carbonyl (C=O) groups excluding carboxylic acids is 3. The van der Waals surface area contributed by atoms with Crippen LogP contribution in [0.25, 0.3) is 0 Å². The van der Waals surface area contributed by atoms with Crippen molar-refractivity contribution in [2.45, 2.75) is 39.7 Å². The maximum absolute atomic E-state index is 11.6. The molecule has 0 heterocycles. The largest absolute Gasteiger partial charge is 0.465 e. The van der Waals surface area contributed by atoms with Crippen LogP contribution in [0.3, 0.4) is 0 Å². The van der Waals surface area contributed by atoms with Gasteiger partial charge in [-0.15, -0.1) is 0 Å². The lowest BCUT2D eigenvalue weighted by atomic mass is 10.2. The second-order valence-corrected chi connectivity index (χ2v) is 5.23. The first kappa shape index (κ1) is 18.2. The van der Waals surface area contributed by atoms with Crippen molar-refractivity contribution >= 4 is 18.0 Å². The summed E-state index contributed by atoms with van der Waals surface area (Å²) in [4.78, 5) is 35.4. The number of amides is 2. The van der Waals surface area contributed by atoms with Crippen molar-refractivity contribution in [3.63, 3.8) is 0 Å². The van der Waals surface area contributed by atoms with Crippen molar-refractivity contribution in [1.82, 2.24) is 10.2 Å². The zero-order valence-electron chi connectivity index (χ0n) is 12.8. The van der Waals surface area contributed by atoms with Crippen LogP contribution in [0.15, 0.2) is 0 Å². The molecule has 116 valence electrons. The van der Waals surface area contributed by atoms with E-state index >= 15 is 0 Å². The third kappa shape index (κ3) is 9.18. The quantitative estimate of drug-likeness (QED) is 0.735. The van der Waals surface area contributed by atoms with Gasteiger partial charge in [-0.3, -0.25) is 9.59 Å². The molecule has 1 N–H and O–H groups in total. The highest BCUT2D eigenvalue weighted by molar-refractivity contribution is 5.82. The van der Waals surface area contributed by atoms with Crippen molar-refractivity contribution in [2.24, 2.45) is 0 Å². The number of nitrogens with one attached hydrogen (secondary N) is 1. The van der Waals surface area contributed by atoms with Crippen LogP contribution in [0.4, 0.5) is 4.79 Å².